The average molecular weight is 732 g/mol. The maximum absolute atomic E-state index is 14.5. The fraction of sp³-hybridized carbons (Fsp3) is 0.513. The van der Waals surface area contributed by atoms with Crippen LogP contribution in [0.3, 0.4) is 0 Å². The summed E-state index contributed by atoms with van der Waals surface area (Å²) in [5.74, 6) is 0.361. The largest absolute Gasteiger partial charge is 0.490 e. The Kier molecular flexibility index (Phi) is 8.82. The quantitative estimate of drug-likeness (QED) is 0.294. The zero-order valence-electron chi connectivity index (χ0n) is 29.5. The van der Waals surface area contributed by atoms with Gasteiger partial charge in [0.05, 0.1) is 35.9 Å². The van der Waals surface area contributed by atoms with Crippen molar-refractivity contribution in [1.29, 1.82) is 0 Å². The van der Waals surface area contributed by atoms with Crippen molar-refractivity contribution in [2.75, 3.05) is 37.5 Å². The maximum Gasteiger partial charge on any atom is 0.286 e. The standard InChI is InChI=1S/C39H46ClN5O5S/c1-4-15-45-20-28(19-41-45)37(47)43-51(48)21-25(2)7-5-9-34(49-3)35-31-18-39(31,35)23-44-22-38(14-6-8-26-16-29(40)11-12-30(26)38)24-50-33-13-10-27(17-32(33)44)36(46)42-51/h5,9-13,16-17,19-20,25,31,34-35H,4,6-8,14-15,18,21-24H2,1-3H3,(H,42,43,46,47,48)/b9-5+/t25-,31?,34-,35-,38-,39+,51?/m0/s1. The molecule has 3 aromatic rings. The molecular weight excluding hydrogens is 686 g/mol. The Labute approximate surface area is 305 Å². The molecule has 8 rings (SSSR count). The Morgan fingerprint density at radius 1 is 1.22 bits per heavy atom. The lowest BCUT2D eigenvalue weighted by molar-refractivity contribution is 0.0963. The predicted molar refractivity (Wildman–Crippen MR) is 198 cm³/mol. The van der Waals surface area contributed by atoms with Crippen LogP contribution in [-0.2, 0) is 33.0 Å². The molecule has 3 aliphatic carbocycles. The monoisotopic (exact) mass is 731 g/mol. The van der Waals surface area contributed by atoms with Crippen LogP contribution in [-0.4, -0.2) is 64.5 Å². The number of hydrogen-bond donors (Lipinski definition) is 1. The van der Waals surface area contributed by atoms with Crippen molar-refractivity contribution in [3.8, 4) is 5.75 Å². The van der Waals surface area contributed by atoms with Crippen molar-refractivity contribution >= 4 is 39.0 Å². The van der Waals surface area contributed by atoms with Crippen molar-refractivity contribution in [3.63, 3.8) is 0 Å². The highest BCUT2D eigenvalue weighted by Gasteiger charge is 2.80. The molecule has 0 radical (unpaired) electrons. The number of carbonyl (C=O) groups is 2. The van der Waals surface area contributed by atoms with E-state index >= 15 is 0 Å². The van der Waals surface area contributed by atoms with E-state index in [1.54, 1.807) is 24.1 Å². The van der Waals surface area contributed by atoms with Gasteiger partial charge in [0.1, 0.15) is 15.7 Å². The minimum atomic E-state index is -3.52. The first-order chi connectivity index (χ1) is 24.5. The third-order valence-corrected chi connectivity index (χ3v) is 14.0. The molecule has 2 amide bonds. The van der Waals surface area contributed by atoms with Crippen LogP contribution in [0.2, 0.25) is 5.02 Å². The number of aryl methyl sites for hydroxylation is 2. The van der Waals surface area contributed by atoms with Crippen molar-refractivity contribution in [2.45, 2.75) is 70.4 Å². The van der Waals surface area contributed by atoms with Crippen molar-refractivity contribution in [2.24, 2.45) is 27.5 Å². The number of amides is 2. The molecule has 1 aromatic heterocycles. The number of anilines is 1. The van der Waals surface area contributed by atoms with E-state index in [0.717, 1.165) is 55.9 Å². The zero-order valence-corrected chi connectivity index (χ0v) is 31.0. The smallest absolute Gasteiger partial charge is 0.286 e. The van der Waals surface area contributed by atoms with Crippen molar-refractivity contribution in [1.82, 2.24) is 14.5 Å². The van der Waals surface area contributed by atoms with Crippen LogP contribution in [0.5, 0.6) is 5.75 Å². The molecule has 2 fully saturated rings. The van der Waals surface area contributed by atoms with E-state index < -0.39 is 21.7 Å². The topological polar surface area (TPSA) is 115 Å². The summed E-state index contributed by atoms with van der Waals surface area (Å²) in [6.45, 7) is 6.70. The first-order valence-electron chi connectivity index (χ1n) is 18.2. The van der Waals surface area contributed by atoms with Crippen LogP contribution in [0.25, 0.3) is 0 Å². The Morgan fingerprint density at radius 3 is 2.88 bits per heavy atom. The number of carbonyl (C=O) groups excluding carboxylic acids is 2. The maximum atomic E-state index is 14.5. The van der Waals surface area contributed by atoms with Gasteiger partial charge in [-0.25, -0.2) is 4.21 Å². The van der Waals surface area contributed by atoms with E-state index in [4.69, 9.17) is 21.1 Å². The highest BCUT2D eigenvalue weighted by Crippen LogP contribution is 2.81. The molecule has 2 aliphatic heterocycles. The normalized spacial score (nSPS) is 33.1. The summed E-state index contributed by atoms with van der Waals surface area (Å²) in [6, 6.07) is 11.6. The van der Waals surface area contributed by atoms with E-state index in [1.165, 1.54) is 17.3 Å². The summed E-state index contributed by atoms with van der Waals surface area (Å²) in [7, 11) is -1.75. The van der Waals surface area contributed by atoms with Gasteiger partial charge in [0.15, 0.2) is 0 Å². The molecule has 1 N–H and O–H groups in total. The number of halogens is 1. The molecule has 3 heterocycles. The Bertz CT molecular complexity index is 2040. The lowest BCUT2D eigenvalue weighted by Gasteiger charge is -2.41. The number of nitrogens with zero attached hydrogens (tertiary/aromatic N) is 4. The van der Waals surface area contributed by atoms with Crippen LogP contribution >= 0.6 is 11.6 Å². The zero-order chi connectivity index (χ0) is 35.5. The molecule has 51 heavy (non-hydrogen) atoms. The summed E-state index contributed by atoms with van der Waals surface area (Å²) in [6.07, 6.45) is 12.9. The van der Waals surface area contributed by atoms with Gasteiger partial charge in [-0.3, -0.25) is 19.0 Å². The van der Waals surface area contributed by atoms with Crippen LogP contribution < -0.4 is 14.4 Å². The SMILES string of the molecule is CCCn1cc(C(=O)NS2(=O)=NC(=O)c3ccc4c(c3)N(C[C@@]3(CCCc5cc(Cl)ccc53)CO4)C[C@]34CC3[C@H]4[C@@H](OC)/C=C/C[C@H](C)C2)cn1. The highest BCUT2D eigenvalue weighted by molar-refractivity contribution is 7.92. The first kappa shape index (κ1) is 34.4. The van der Waals surface area contributed by atoms with Crippen LogP contribution in [0.15, 0.2) is 65.3 Å². The Morgan fingerprint density at radius 2 is 2.08 bits per heavy atom. The molecule has 12 heteroatoms. The van der Waals surface area contributed by atoms with Crippen molar-refractivity contribution in [3.05, 3.63) is 88.2 Å². The minimum absolute atomic E-state index is 0.0116. The summed E-state index contributed by atoms with van der Waals surface area (Å²) in [5.41, 5.74) is 3.85. The second-order valence-corrected chi connectivity index (χ2v) is 17.9. The van der Waals surface area contributed by atoms with Gasteiger partial charge in [-0.05, 0) is 103 Å². The minimum Gasteiger partial charge on any atom is -0.490 e. The Hall–Kier alpha value is -3.67. The number of methoxy groups -OCH3 is 1. The number of allylic oxidation sites excluding steroid dienone is 1. The second kappa shape index (κ2) is 13.1. The van der Waals surface area contributed by atoms with Crippen molar-refractivity contribution < 1.29 is 23.3 Å². The van der Waals surface area contributed by atoms with E-state index in [-0.39, 0.29) is 34.2 Å². The number of rotatable bonds is 5. The third-order valence-electron chi connectivity index (χ3n) is 11.8. The van der Waals surface area contributed by atoms with Crippen LogP contribution in [0.1, 0.15) is 77.8 Å². The summed E-state index contributed by atoms with van der Waals surface area (Å²) in [5, 5.41) is 4.99. The molecule has 2 aromatic carbocycles. The summed E-state index contributed by atoms with van der Waals surface area (Å²) < 4.78 is 35.9. The molecule has 10 nitrogen and oxygen atoms in total. The molecule has 2 unspecified atom stereocenters. The lowest BCUT2D eigenvalue weighted by Crippen LogP contribution is -2.47. The van der Waals surface area contributed by atoms with Gasteiger partial charge in [0.25, 0.3) is 11.8 Å². The molecule has 7 atom stereocenters. The number of benzene rings is 2. The molecule has 0 saturated heterocycles. The Balaban J connectivity index is 1.19. The predicted octanol–water partition coefficient (Wildman–Crippen LogP) is 6.62. The van der Waals surface area contributed by atoms with Gasteiger partial charge in [-0.2, -0.15) is 5.10 Å². The fourth-order valence-corrected chi connectivity index (χ4v) is 11.1. The van der Waals surface area contributed by atoms with E-state index in [1.807, 2.05) is 32.0 Å². The van der Waals surface area contributed by atoms with Gasteiger partial charge >= 0.3 is 0 Å². The lowest BCUT2D eigenvalue weighted by atomic mass is 9.70. The van der Waals surface area contributed by atoms with Gasteiger partial charge in [-0.1, -0.05) is 43.7 Å². The molecule has 2 bridgehead atoms. The highest BCUT2D eigenvalue weighted by atomic mass is 35.5. The second-order valence-electron chi connectivity index (χ2n) is 15.4. The molecule has 270 valence electrons. The number of hydrogen-bond acceptors (Lipinski definition) is 7. The molecular formula is C39H46ClN5O5S. The molecule has 5 aliphatic rings. The number of nitrogens with one attached hydrogen (secondary N) is 1. The third kappa shape index (κ3) is 6.39. The molecule has 2 saturated carbocycles. The number of fused-ring (bicyclic) bond motifs is 4. The summed E-state index contributed by atoms with van der Waals surface area (Å²) >= 11 is 6.46. The summed E-state index contributed by atoms with van der Waals surface area (Å²) in [4.78, 5) is 29.8. The number of aromatic nitrogens is 2. The van der Waals surface area contributed by atoms with E-state index in [0.29, 0.717) is 42.7 Å². The van der Waals surface area contributed by atoms with Crippen LogP contribution in [0.4, 0.5) is 5.69 Å². The van der Waals surface area contributed by atoms with E-state index in [9.17, 15) is 13.8 Å². The van der Waals surface area contributed by atoms with E-state index in [2.05, 4.69) is 43.4 Å². The van der Waals surface area contributed by atoms with Gasteiger partial charge in [-0.15, -0.1) is 4.36 Å². The average Bonchev–Trinajstić information content (AvgIpc) is 3.90. The van der Waals surface area contributed by atoms with Gasteiger partial charge < -0.3 is 14.4 Å². The van der Waals surface area contributed by atoms with Crippen LogP contribution in [0, 0.1) is 23.2 Å². The molecule has 2 spiro atoms. The number of ether oxygens (including phenoxy) is 2. The van der Waals surface area contributed by atoms with Gasteiger partial charge in [0.2, 0.25) is 0 Å². The van der Waals surface area contributed by atoms with Gasteiger partial charge in [0, 0.05) is 48.9 Å². The fourth-order valence-electron chi connectivity index (χ4n) is 9.06. The first-order valence-corrected chi connectivity index (χ1v) is 20.3.